The van der Waals surface area contributed by atoms with Crippen LogP contribution in [-0.2, 0) is 18.4 Å². The fourth-order valence-electron chi connectivity index (χ4n) is 8.03. The first kappa shape index (κ1) is 32.4. The number of rotatable bonds is 3. The average molecular weight is 666 g/mol. The molecule has 2 saturated heterocycles. The van der Waals surface area contributed by atoms with Crippen LogP contribution in [0.3, 0.4) is 0 Å². The molecule has 3 aliphatic rings. The van der Waals surface area contributed by atoms with E-state index in [0.717, 1.165) is 42.8 Å². The molecule has 2 fully saturated rings. The highest BCUT2D eigenvalue weighted by molar-refractivity contribution is 6.00. The molecular weight excluding hydrogens is 623 g/mol. The van der Waals surface area contributed by atoms with Gasteiger partial charge in [-0.25, -0.2) is 9.97 Å². The number of hydrogen-bond acceptors (Lipinski definition) is 6. The molecular formula is C35H42F3N7O3. The predicted octanol–water partition coefficient (Wildman–Crippen LogP) is 6.01. The number of methoxy groups -OCH3 is 1. The van der Waals surface area contributed by atoms with E-state index in [-0.39, 0.29) is 36.9 Å². The minimum atomic E-state index is -4.67. The van der Waals surface area contributed by atoms with E-state index in [9.17, 15) is 22.8 Å². The molecule has 2 amide bonds. The second kappa shape index (κ2) is 11.8. The summed E-state index contributed by atoms with van der Waals surface area (Å²) in [6, 6.07) is 8.71. The highest BCUT2D eigenvalue weighted by atomic mass is 19.4. The Morgan fingerprint density at radius 2 is 1.88 bits per heavy atom. The smallest absolute Gasteiger partial charge is 0.402 e. The number of nitrogens with two attached hydrogens (primary N) is 1. The van der Waals surface area contributed by atoms with Gasteiger partial charge in [-0.15, -0.1) is 0 Å². The molecule has 0 saturated carbocycles. The molecule has 7 rings (SSSR count). The Kier molecular flexibility index (Phi) is 7.96. The Morgan fingerprint density at radius 3 is 2.56 bits per heavy atom. The number of fused-ring (bicyclic) bond motifs is 4. The van der Waals surface area contributed by atoms with Gasteiger partial charge in [0.1, 0.15) is 22.3 Å². The number of aromatic nitrogens is 4. The maximum atomic E-state index is 14.1. The maximum absolute atomic E-state index is 14.1. The number of pyridine rings is 1. The Labute approximate surface area is 276 Å². The van der Waals surface area contributed by atoms with Gasteiger partial charge in [-0.3, -0.25) is 9.59 Å². The molecule has 6 heterocycles. The van der Waals surface area contributed by atoms with E-state index >= 15 is 0 Å². The molecule has 13 heteroatoms. The minimum absolute atomic E-state index is 0.00185. The van der Waals surface area contributed by atoms with Gasteiger partial charge in [-0.05, 0) is 76.3 Å². The summed E-state index contributed by atoms with van der Waals surface area (Å²) in [4.78, 5) is 38.8. The van der Waals surface area contributed by atoms with Crippen molar-refractivity contribution < 1.29 is 27.5 Å². The Morgan fingerprint density at radius 1 is 1.10 bits per heavy atom. The van der Waals surface area contributed by atoms with Crippen molar-refractivity contribution >= 4 is 33.9 Å². The third-order valence-electron chi connectivity index (χ3n) is 10.9. The number of ether oxygens (including phenoxy) is 1. The summed E-state index contributed by atoms with van der Waals surface area (Å²) in [7, 11) is 3.50. The predicted molar refractivity (Wildman–Crippen MR) is 175 cm³/mol. The molecule has 256 valence electrons. The topological polar surface area (TPSA) is 120 Å². The molecule has 0 aliphatic carbocycles. The van der Waals surface area contributed by atoms with Gasteiger partial charge >= 0.3 is 6.18 Å². The second-order valence-corrected chi connectivity index (χ2v) is 14.0. The van der Waals surface area contributed by atoms with Crippen molar-refractivity contribution in [1.82, 2.24) is 29.3 Å². The summed E-state index contributed by atoms with van der Waals surface area (Å²) in [5.41, 5.74) is 7.70. The molecule has 0 unspecified atom stereocenters. The number of imidazole rings is 1. The van der Waals surface area contributed by atoms with Crippen molar-refractivity contribution in [1.29, 1.82) is 0 Å². The van der Waals surface area contributed by atoms with Crippen molar-refractivity contribution in [3.8, 4) is 17.3 Å². The molecule has 3 aromatic heterocycles. The van der Waals surface area contributed by atoms with Gasteiger partial charge in [-0.2, -0.15) is 13.2 Å². The number of benzene rings is 1. The van der Waals surface area contributed by atoms with Crippen LogP contribution < -0.4 is 15.8 Å². The lowest BCUT2D eigenvalue weighted by atomic mass is 9.82. The van der Waals surface area contributed by atoms with E-state index in [0.29, 0.717) is 59.8 Å². The summed E-state index contributed by atoms with van der Waals surface area (Å²) in [5, 5.41) is 3.44. The molecule has 1 aromatic carbocycles. The highest BCUT2D eigenvalue weighted by Crippen LogP contribution is 2.44. The van der Waals surface area contributed by atoms with Crippen LogP contribution in [0.5, 0.6) is 5.75 Å². The van der Waals surface area contributed by atoms with Crippen molar-refractivity contribution in [3.63, 3.8) is 0 Å². The third kappa shape index (κ3) is 5.12. The van der Waals surface area contributed by atoms with Gasteiger partial charge in [-0.1, -0.05) is 19.3 Å². The monoisotopic (exact) mass is 665 g/mol. The molecule has 0 spiro atoms. The lowest BCUT2D eigenvalue weighted by molar-refractivity contribution is -0.219. The van der Waals surface area contributed by atoms with Crippen LogP contribution in [0.1, 0.15) is 87.3 Å². The van der Waals surface area contributed by atoms with Crippen LogP contribution in [0.2, 0.25) is 0 Å². The first-order chi connectivity index (χ1) is 22.8. The SMILES string of the molecule is COc1cc(C(=O)N2[C@H]3CC[C@@H]2[C@H](N)C3)cc2nc(-c3cc4ccc5nc4n3CCCCCC[C@@](C)(C(F)(F)F)C(=O)N[C@@H]5C)n(C)c12. The normalized spacial score (nSPS) is 26.8. The first-order valence-electron chi connectivity index (χ1n) is 16.8. The number of amides is 2. The quantitative estimate of drug-likeness (QED) is 0.277. The fourth-order valence-corrected chi connectivity index (χ4v) is 8.03. The average Bonchev–Trinajstić information content (AvgIpc) is 3.80. The van der Waals surface area contributed by atoms with Crippen LogP contribution in [0, 0.1) is 5.41 Å². The van der Waals surface area contributed by atoms with E-state index in [1.165, 1.54) is 0 Å². The zero-order valence-electron chi connectivity index (χ0n) is 27.7. The molecule has 3 N–H and O–H groups in total. The first-order valence-corrected chi connectivity index (χ1v) is 16.8. The van der Waals surface area contributed by atoms with E-state index in [2.05, 4.69) is 9.88 Å². The van der Waals surface area contributed by atoms with E-state index in [1.807, 2.05) is 34.7 Å². The van der Waals surface area contributed by atoms with Gasteiger partial charge in [0.25, 0.3) is 5.91 Å². The number of carbonyl (C=O) groups excluding carboxylic acids is 2. The number of aryl methyl sites for hydroxylation is 2. The van der Waals surface area contributed by atoms with Crippen LogP contribution in [0.25, 0.3) is 33.6 Å². The molecule has 5 atom stereocenters. The lowest BCUT2D eigenvalue weighted by Crippen LogP contribution is -2.49. The number of alkyl halides is 3. The lowest BCUT2D eigenvalue weighted by Gasteiger charge is -2.32. The summed E-state index contributed by atoms with van der Waals surface area (Å²) < 4.78 is 52.2. The van der Waals surface area contributed by atoms with Gasteiger partial charge in [0.2, 0.25) is 5.91 Å². The number of nitrogens with zero attached hydrogens (tertiary/aromatic N) is 5. The minimum Gasteiger partial charge on any atom is -0.494 e. The molecule has 4 bridgehead atoms. The van der Waals surface area contributed by atoms with Gasteiger partial charge in [0, 0.05) is 42.7 Å². The van der Waals surface area contributed by atoms with Crippen molar-refractivity contribution in [3.05, 3.63) is 41.6 Å². The number of nitrogens with one attached hydrogen (secondary N) is 1. The van der Waals surface area contributed by atoms with Crippen molar-refractivity contribution in [2.45, 2.75) is 102 Å². The molecule has 4 aromatic rings. The molecule has 48 heavy (non-hydrogen) atoms. The molecule has 0 radical (unpaired) electrons. The summed E-state index contributed by atoms with van der Waals surface area (Å²) in [6.45, 7) is 3.22. The second-order valence-electron chi connectivity index (χ2n) is 14.0. The molecule has 10 nitrogen and oxygen atoms in total. The van der Waals surface area contributed by atoms with Crippen LogP contribution in [-0.4, -0.2) is 67.2 Å². The summed E-state index contributed by atoms with van der Waals surface area (Å²) >= 11 is 0. The largest absolute Gasteiger partial charge is 0.494 e. The number of hydrogen-bond donors (Lipinski definition) is 2. The van der Waals surface area contributed by atoms with Crippen LogP contribution >= 0.6 is 0 Å². The summed E-state index contributed by atoms with van der Waals surface area (Å²) in [6.07, 6.45) is 0.00425. The standard InChI is InChI=1S/C35H42F3N7O3/c1-19-24-11-9-20-16-27(44(30(20)41-24)14-8-6-5-7-13-34(2,33(47)40-19)35(36,37)38)31-42-25-15-21(17-28(48-4)29(25)43(31)3)32(46)45-22-10-12-26(45)23(39)18-22/h9,11,15-17,19,22-23,26H,5-8,10,12-14,18,39H2,1-4H3,(H,40,47)/t19-,22+,23-,26-,34-/m1/s1. The third-order valence-corrected chi connectivity index (χ3v) is 10.9. The van der Waals surface area contributed by atoms with Crippen molar-refractivity contribution in [2.24, 2.45) is 18.2 Å². The maximum Gasteiger partial charge on any atom is 0.402 e. The van der Waals surface area contributed by atoms with E-state index < -0.39 is 23.5 Å². The highest BCUT2D eigenvalue weighted by Gasteiger charge is 2.56. The Balaban J connectivity index is 1.29. The summed E-state index contributed by atoms with van der Waals surface area (Å²) in [5.74, 6) is 0.114. The zero-order chi connectivity index (χ0) is 34.1. The number of carbonyl (C=O) groups is 2. The van der Waals surface area contributed by atoms with Crippen LogP contribution in [0.4, 0.5) is 13.2 Å². The van der Waals surface area contributed by atoms with E-state index in [4.69, 9.17) is 20.4 Å². The Hall–Kier alpha value is -4.13. The van der Waals surface area contributed by atoms with Gasteiger partial charge < -0.3 is 29.8 Å². The van der Waals surface area contributed by atoms with Gasteiger partial charge in [0.05, 0.1) is 30.1 Å². The fraction of sp³-hybridized carbons (Fsp3) is 0.543. The van der Waals surface area contributed by atoms with Gasteiger partial charge in [0.15, 0.2) is 5.82 Å². The number of halogens is 3. The zero-order valence-corrected chi connectivity index (χ0v) is 27.7. The van der Waals surface area contributed by atoms with Crippen LogP contribution in [0.15, 0.2) is 30.3 Å². The van der Waals surface area contributed by atoms with Crippen molar-refractivity contribution in [2.75, 3.05) is 7.11 Å². The van der Waals surface area contributed by atoms with E-state index in [1.54, 1.807) is 26.2 Å². The Bertz CT molecular complexity index is 1920. The molecule has 3 aliphatic heterocycles.